The van der Waals surface area contributed by atoms with Crippen molar-refractivity contribution >= 4 is 16.9 Å². The molecule has 0 aromatic carbocycles. The second-order valence-electron chi connectivity index (χ2n) is 1.65. The van der Waals surface area contributed by atoms with Gasteiger partial charge in [-0.15, -0.1) is 0 Å². The molecule has 0 spiro atoms. The van der Waals surface area contributed by atoms with Crippen LogP contribution in [0.1, 0.15) is 6.92 Å². The number of hydrogen-bond donors (Lipinski definition) is 1. The van der Waals surface area contributed by atoms with E-state index in [1.165, 1.54) is 0 Å². The van der Waals surface area contributed by atoms with Gasteiger partial charge in [0.2, 0.25) is 5.12 Å². The van der Waals surface area contributed by atoms with Gasteiger partial charge in [0.15, 0.2) is 0 Å². The maximum Gasteiger partial charge on any atom is 0.218 e. The van der Waals surface area contributed by atoms with Gasteiger partial charge in [-0.25, -0.2) is 0 Å². The average molecular weight is 130 g/mol. The molecule has 0 atom stereocenters. The van der Waals surface area contributed by atoms with Gasteiger partial charge in [-0.05, 0) is 6.92 Å². The van der Waals surface area contributed by atoms with Crippen LogP contribution in [0.15, 0.2) is 11.3 Å². The Balaban J connectivity index is 2.86. The third kappa shape index (κ3) is 0.733. The lowest BCUT2D eigenvalue weighted by Gasteiger charge is -1.84. The van der Waals surface area contributed by atoms with E-state index >= 15 is 0 Å². The van der Waals surface area contributed by atoms with E-state index in [0.717, 1.165) is 11.8 Å². The maximum atomic E-state index is 10.5. The number of aliphatic hydroxyl groups excluding tert-OH is 1. The van der Waals surface area contributed by atoms with Gasteiger partial charge >= 0.3 is 0 Å². The minimum atomic E-state index is 0.00231. The molecular formula is C5H6O2S. The second-order valence-corrected chi connectivity index (χ2v) is 2.60. The highest BCUT2D eigenvalue weighted by Crippen LogP contribution is 2.23. The van der Waals surface area contributed by atoms with E-state index in [1.54, 1.807) is 6.92 Å². The summed E-state index contributed by atoms with van der Waals surface area (Å²) in [4.78, 5) is 10.5. The Bertz CT molecular complexity index is 160. The van der Waals surface area contributed by atoms with E-state index in [-0.39, 0.29) is 10.9 Å². The van der Waals surface area contributed by atoms with Gasteiger partial charge in [-0.3, -0.25) is 4.79 Å². The molecule has 0 unspecified atom stereocenters. The highest BCUT2D eigenvalue weighted by Gasteiger charge is 2.18. The fraction of sp³-hybridized carbons (Fsp3) is 0.400. The molecule has 0 saturated heterocycles. The zero-order valence-electron chi connectivity index (χ0n) is 4.47. The van der Waals surface area contributed by atoms with Crippen LogP contribution < -0.4 is 0 Å². The summed E-state index contributed by atoms with van der Waals surface area (Å²) in [6.07, 6.45) is 0. The number of aliphatic hydroxyl groups is 1. The van der Waals surface area contributed by atoms with Gasteiger partial charge in [0.25, 0.3) is 0 Å². The SMILES string of the molecule is CC1=C(O)CSC1=O. The largest absolute Gasteiger partial charge is 0.511 e. The molecule has 44 valence electrons. The van der Waals surface area contributed by atoms with E-state index in [9.17, 15) is 4.79 Å². The predicted octanol–water partition coefficient (Wildman–Crippen LogP) is 1.09. The molecule has 0 amide bonds. The number of carbonyl (C=O) groups is 1. The first-order chi connectivity index (χ1) is 3.72. The fourth-order valence-corrected chi connectivity index (χ4v) is 1.29. The Morgan fingerprint density at radius 3 is 2.50 bits per heavy atom. The molecule has 1 rings (SSSR count). The Kier molecular flexibility index (Phi) is 1.29. The number of carbonyl (C=O) groups excluding carboxylic acids is 1. The van der Waals surface area contributed by atoms with Gasteiger partial charge < -0.3 is 5.11 Å². The minimum absolute atomic E-state index is 0.00231. The minimum Gasteiger partial charge on any atom is -0.511 e. The highest BCUT2D eigenvalue weighted by atomic mass is 32.2. The van der Waals surface area contributed by atoms with Crippen LogP contribution in [-0.4, -0.2) is 16.0 Å². The van der Waals surface area contributed by atoms with E-state index in [2.05, 4.69) is 0 Å². The molecule has 1 heterocycles. The lowest BCUT2D eigenvalue weighted by molar-refractivity contribution is -0.107. The number of thioether (sulfide) groups is 1. The summed E-state index contributed by atoms with van der Waals surface area (Å²) in [5.41, 5.74) is 0.509. The van der Waals surface area contributed by atoms with Gasteiger partial charge in [-0.1, -0.05) is 11.8 Å². The van der Waals surface area contributed by atoms with Gasteiger partial charge in [0, 0.05) is 5.57 Å². The van der Waals surface area contributed by atoms with Gasteiger partial charge in [0.1, 0.15) is 5.76 Å². The zero-order valence-corrected chi connectivity index (χ0v) is 5.29. The van der Waals surface area contributed by atoms with Crippen molar-refractivity contribution in [2.24, 2.45) is 0 Å². The fourth-order valence-electron chi connectivity index (χ4n) is 0.468. The molecule has 2 nitrogen and oxygen atoms in total. The molecule has 3 heteroatoms. The summed E-state index contributed by atoms with van der Waals surface area (Å²) in [5, 5.41) is 8.81. The Hall–Kier alpha value is -0.440. The van der Waals surface area contributed by atoms with Gasteiger partial charge in [0.05, 0.1) is 5.75 Å². The molecule has 0 aromatic heterocycles. The van der Waals surface area contributed by atoms with Crippen molar-refractivity contribution in [3.63, 3.8) is 0 Å². The summed E-state index contributed by atoms with van der Waals surface area (Å²) in [7, 11) is 0. The van der Waals surface area contributed by atoms with Crippen molar-refractivity contribution in [1.29, 1.82) is 0 Å². The topological polar surface area (TPSA) is 37.3 Å². The number of hydrogen-bond acceptors (Lipinski definition) is 3. The molecule has 0 saturated carbocycles. The summed E-state index contributed by atoms with van der Waals surface area (Å²) in [6.45, 7) is 1.64. The lowest BCUT2D eigenvalue weighted by atomic mass is 10.3. The Labute approximate surface area is 51.6 Å². The standard InChI is InChI=1S/C5H6O2S/c1-3-4(6)2-8-5(3)7/h6H,2H2,1H3. The summed E-state index contributed by atoms with van der Waals surface area (Å²) in [5.74, 6) is 0.699. The van der Waals surface area contributed by atoms with Gasteiger partial charge in [-0.2, -0.15) is 0 Å². The van der Waals surface area contributed by atoms with Crippen molar-refractivity contribution < 1.29 is 9.90 Å². The summed E-state index contributed by atoms with van der Waals surface area (Å²) in [6, 6.07) is 0. The van der Waals surface area contributed by atoms with Crippen molar-refractivity contribution in [2.75, 3.05) is 5.75 Å². The first-order valence-corrected chi connectivity index (χ1v) is 3.26. The van der Waals surface area contributed by atoms with E-state index < -0.39 is 0 Å². The molecule has 0 aliphatic carbocycles. The normalized spacial score (nSPS) is 20.4. The van der Waals surface area contributed by atoms with Crippen LogP contribution in [0.3, 0.4) is 0 Å². The van der Waals surface area contributed by atoms with Crippen LogP contribution in [-0.2, 0) is 4.79 Å². The molecular weight excluding hydrogens is 124 g/mol. The number of rotatable bonds is 0. The highest BCUT2D eigenvalue weighted by molar-refractivity contribution is 8.14. The van der Waals surface area contributed by atoms with E-state index in [4.69, 9.17) is 5.11 Å². The molecule has 1 aliphatic heterocycles. The van der Waals surface area contributed by atoms with Crippen LogP contribution >= 0.6 is 11.8 Å². The van der Waals surface area contributed by atoms with Crippen molar-refractivity contribution in [1.82, 2.24) is 0 Å². The quantitative estimate of drug-likeness (QED) is 0.533. The first kappa shape index (κ1) is 5.69. The summed E-state index contributed by atoms with van der Waals surface area (Å²) < 4.78 is 0. The van der Waals surface area contributed by atoms with Crippen LogP contribution in [0.5, 0.6) is 0 Å². The molecule has 1 N–H and O–H groups in total. The third-order valence-corrected chi connectivity index (χ3v) is 2.07. The van der Waals surface area contributed by atoms with Crippen LogP contribution in [0.2, 0.25) is 0 Å². The Morgan fingerprint density at radius 2 is 2.38 bits per heavy atom. The molecule has 8 heavy (non-hydrogen) atoms. The van der Waals surface area contributed by atoms with E-state index in [0.29, 0.717) is 11.3 Å². The Morgan fingerprint density at radius 1 is 1.75 bits per heavy atom. The second kappa shape index (κ2) is 1.82. The van der Waals surface area contributed by atoms with Crippen LogP contribution in [0, 0.1) is 0 Å². The van der Waals surface area contributed by atoms with Crippen molar-refractivity contribution in [3.8, 4) is 0 Å². The first-order valence-electron chi connectivity index (χ1n) is 2.27. The third-order valence-electron chi connectivity index (χ3n) is 1.08. The smallest absolute Gasteiger partial charge is 0.218 e. The molecule has 1 aliphatic rings. The molecule has 0 fully saturated rings. The maximum absolute atomic E-state index is 10.5. The predicted molar refractivity (Wildman–Crippen MR) is 32.8 cm³/mol. The molecule has 0 aromatic rings. The summed E-state index contributed by atoms with van der Waals surface area (Å²) >= 11 is 1.15. The van der Waals surface area contributed by atoms with Crippen molar-refractivity contribution in [3.05, 3.63) is 11.3 Å². The van der Waals surface area contributed by atoms with Crippen LogP contribution in [0.25, 0.3) is 0 Å². The lowest BCUT2D eigenvalue weighted by Crippen LogP contribution is -1.85. The molecule has 0 radical (unpaired) electrons. The molecule has 0 bridgehead atoms. The van der Waals surface area contributed by atoms with Crippen molar-refractivity contribution in [2.45, 2.75) is 6.92 Å². The van der Waals surface area contributed by atoms with E-state index in [1.807, 2.05) is 0 Å². The zero-order chi connectivity index (χ0) is 6.15. The van der Waals surface area contributed by atoms with Crippen LogP contribution in [0.4, 0.5) is 0 Å². The average Bonchev–Trinajstić information content (AvgIpc) is 1.98. The monoisotopic (exact) mass is 130 g/mol.